The smallest absolute Gasteiger partial charge is 0.160 e. The van der Waals surface area contributed by atoms with Gasteiger partial charge in [0, 0.05) is 37.8 Å². The first-order valence-corrected chi connectivity index (χ1v) is 20.0. The Bertz CT molecular complexity index is 1510. The molecule has 0 spiro atoms. The molecule has 2 aliphatic carbocycles. The molecule has 1 saturated heterocycles. The number of piperidine rings is 1. The van der Waals surface area contributed by atoms with Gasteiger partial charge in [-0.1, -0.05) is 51.0 Å². The van der Waals surface area contributed by atoms with E-state index in [0.717, 1.165) is 74.6 Å². The fourth-order valence-corrected chi connectivity index (χ4v) is 8.82. The van der Waals surface area contributed by atoms with Crippen LogP contribution >= 0.6 is 0 Å². The molecule has 0 radical (unpaired) electrons. The maximum atomic E-state index is 13.6. The van der Waals surface area contributed by atoms with Gasteiger partial charge in [-0.3, -0.25) is 9.59 Å². The number of phenolic OH excluding ortho intramolecular Hbond substituents is 1. The molecule has 2 fully saturated rings. The molecule has 9 heteroatoms. The average molecular weight is 718 g/mol. The molecule has 5 rings (SSSR count). The molecular weight excluding hydrogens is 654 g/mol. The molecule has 1 aromatic carbocycles. The number of carbonyl (C=O) groups excluding carboxylic acids is 2. The number of aliphatic hydroxyl groups excluding tert-OH is 2. The normalized spacial score (nSPS) is 26.5. The van der Waals surface area contributed by atoms with Crippen molar-refractivity contribution in [3.63, 3.8) is 0 Å². The summed E-state index contributed by atoms with van der Waals surface area (Å²) < 4.78 is 5.43. The molecule has 7 N–H and O–H groups in total. The van der Waals surface area contributed by atoms with Gasteiger partial charge >= 0.3 is 0 Å². The summed E-state index contributed by atoms with van der Waals surface area (Å²) in [6.07, 6.45) is 14.0. The van der Waals surface area contributed by atoms with Crippen LogP contribution in [0.1, 0.15) is 121 Å². The summed E-state index contributed by atoms with van der Waals surface area (Å²) in [5, 5.41) is 40.6. The van der Waals surface area contributed by atoms with E-state index in [1.54, 1.807) is 12.1 Å². The summed E-state index contributed by atoms with van der Waals surface area (Å²) in [6.45, 7) is 6.03. The van der Waals surface area contributed by atoms with Crippen LogP contribution < -0.4 is 21.1 Å². The summed E-state index contributed by atoms with van der Waals surface area (Å²) in [5.41, 5.74) is 8.93. The van der Waals surface area contributed by atoms with Gasteiger partial charge in [-0.15, -0.1) is 0 Å². The number of allylic oxidation sites excluding steroid dienone is 2. The third-order valence-electron chi connectivity index (χ3n) is 12.0. The second-order valence-corrected chi connectivity index (χ2v) is 16.4. The molecule has 0 amide bonds. The summed E-state index contributed by atoms with van der Waals surface area (Å²) in [6, 6.07) is 3.85. The van der Waals surface area contributed by atoms with Gasteiger partial charge in [-0.05, 0) is 123 Å². The Labute approximate surface area is 311 Å². The standard InChI is InChI=1S/C43H63N3O6/c1-27(2)8-9-33(20-28-18-19-45-43(44)22-28)38(48)16-12-30-11-15-35(40(50)17-13-31-23-42(52-3)41(51)25-36(30)31)39(49)7-5-4-6-29-21-32-10-14-34(47)24-37(32)46-26-29/h18,22-23,25,27,29-30,32-33,35,37-39,45-46,48-49,51H,4-10,12-14,16-17,19-21,24,26,44H2,1-3H3/t29-,30-,32-,33-,35-,37-,38+,39-/m1/s1. The number of hydrogen-bond donors (Lipinski definition) is 6. The van der Waals surface area contributed by atoms with E-state index in [1.807, 2.05) is 6.08 Å². The van der Waals surface area contributed by atoms with Crippen LogP contribution in [0.25, 0.3) is 0 Å². The van der Waals surface area contributed by atoms with Gasteiger partial charge in [-0.2, -0.15) is 0 Å². The molecule has 8 atom stereocenters. The number of fused-ring (bicyclic) bond motifs is 2. The number of Topliss-reactive ketones (excluding diaryl/α,β-unsaturated/α-hetero) is 2. The van der Waals surface area contributed by atoms with Gasteiger partial charge in [0.25, 0.3) is 0 Å². The summed E-state index contributed by atoms with van der Waals surface area (Å²) in [5.74, 6) is 8.55. The number of unbranched alkanes of at least 4 members (excludes halogenated alkanes) is 1. The van der Waals surface area contributed by atoms with Crippen molar-refractivity contribution < 1.29 is 29.6 Å². The molecule has 0 bridgehead atoms. The molecule has 4 aliphatic rings. The van der Waals surface area contributed by atoms with Gasteiger partial charge in [-0.25, -0.2) is 0 Å². The Morgan fingerprint density at radius 2 is 1.85 bits per heavy atom. The summed E-state index contributed by atoms with van der Waals surface area (Å²) in [7, 11) is 1.51. The van der Waals surface area contributed by atoms with Crippen molar-refractivity contribution in [1.82, 2.24) is 10.6 Å². The number of ether oxygens (including phenoxy) is 1. The zero-order valence-corrected chi connectivity index (χ0v) is 31.7. The first-order valence-electron chi connectivity index (χ1n) is 20.0. The number of phenols is 1. The number of aromatic hydroxyl groups is 1. The van der Waals surface area contributed by atoms with Crippen LogP contribution in [-0.4, -0.2) is 65.3 Å². The highest BCUT2D eigenvalue weighted by Gasteiger charge is 2.35. The van der Waals surface area contributed by atoms with Crippen molar-refractivity contribution >= 4 is 11.6 Å². The third-order valence-corrected chi connectivity index (χ3v) is 12.0. The lowest BCUT2D eigenvalue weighted by Gasteiger charge is -2.39. The van der Waals surface area contributed by atoms with Gasteiger partial charge in [0.15, 0.2) is 17.3 Å². The van der Waals surface area contributed by atoms with Crippen LogP contribution in [0.3, 0.4) is 0 Å². The van der Waals surface area contributed by atoms with Crippen molar-refractivity contribution in [2.75, 3.05) is 20.2 Å². The molecule has 1 aromatic rings. The minimum Gasteiger partial charge on any atom is -0.504 e. The number of rotatable bonds is 16. The second-order valence-electron chi connectivity index (χ2n) is 16.4. The molecule has 0 aromatic heterocycles. The SMILES string of the molecule is COc1cc2c(cc1O)[C@@H](CC[C@H](O)[C@H](CCC(C)C)CC1=CCNC(N)=C1)C#C[C@H]([C@H](O)CCCC[C@H]1CN[C@@H]3CC(=O)CC[C@@H]3C1)C(=O)CC2. The van der Waals surface area contributed by atoms with Crippen molar-refractivity contribution in [2.24, 2.45) is 35.3 Å². The topological polar surface area (TPSA) is 154 Å². The predicted octanol–water partition coefficient (Wildman–Crippen LogP) is 5.80. The minimum absolute atomic E-state index is 0.0217. The number of methoxy groups -OCH3 is 1. The summed E-state index contributed by atoms with van der Waals surface area (Å²) in [4.78, 5) is 25.5. The van der Waals surface area contributed by atoms with Crippen molar-refractivity contribution in [1.29, 1.82) is 0 Å². The van der Waals surface area contributed by atoms with Gasteiger partial charge < -0.3 is 36.4 Å². The second kappa shape index (κ2) is 19.1. The maximum absolute atomic E-state index is 13.6. The maximum Gasteiger partial charge on any atom is 0.160 e. The first kappa shape index (κ1) is 39.9. The highest BCUT2D eigenvalue weighted by Crippen LogP contribution is 2.38. The Morgan fingerprint density at radius 1 is 1.02 bits per heavy atom. The Morgan fingerprint density at radius 3 is 2.62 bits per heavy atom. The van der Waals surface area contributed by atoms with Crippen LogP contribution in [0.5, 0.6) is 11.5 Å². The number of hydrogen-bond acceptors (Lipinski definition) is 9. The molecule has 52 heavy (non-hydrogen) atoms. The zero-order valence-electron chi connectivity index (χ0n) is 31.7. The lowest BCUT2D eigenvalue weighted by molar-refractivity contribution is -0.124. The van der Waals surface area contributed by atoms with Gasteiger partial charge in [0.05, 0.1) is 25.1 Å². The van der Waals surface area contributed by atoms with E-state index in [0.29, 0.717) is 86.2 Å². The van der Waals surface area contributed by atoms with Gasteiger partial charge in [0.2, 0.25) is 0 Å². The van der Waals surface area contributed by atoms with Crippen molar-refractivity contribution in [3.05, 3.63) is 46.8 Å². The lowest BCUT2D eigenvalue weighted by Crippen LogP contribution is -2.48. The highest BCUT2D eigenvalue weighted by molar-refractivity contribution is 5.85. The van der Waals surface area contributed by atoms with E-state index in [9.17, 15) is 24.9 Å². The van der Waals surface area contributed by atoms with Crippen molar-refractivity contribution in [3.8, 4) is 23.3 Å². The highest BCUT2D eigenvalue weighted by atomic mass is 16.5. The number of benzene rings is 1. The minimum atomic E-state index is -0.854. The number of carbonyl (C=O) groups is 2. The van der Waals surface area contributed by atoms with Crippen LogP contribution in [-0.2, 0) is 16.0 Å². The van der Waals surface area contributed by atoms with E-state index in [2.05, 4.69) is 42.4 Å². The van der Waals surface area contributed by atoms with E-state index in [-0.39, 0.29) is 29.8 Å². The van der Waals surface area contributed by atoms with E-state index in [1.165, 1.54) is 7.11 Å². The predicted molar refractivity (Wildman–Crippen MR) is 204 cm³/mol. The Kier molecular flexibility index (Phi) is 14.7. The third kappa shape index (κ3) is 11.1. The van der Waals surface area contributed by atoms with Crippen LogP contribution in [0.15, 0.2) is 35.7 Å². The largest absolute Gasteiger partial charge is 0.504 e. The summed E-state index contributed by atoms with van der Waals surface area (Å²) >= 11 is 0. The lowest BCUT2D eigenvalue weighted by atomic mass is 9.74. The number of nitrogens with two attached hydrogens (primary N) is 1. The quantitative estimate of drug-likeness (QED) is 0.0920. The number of aryl methyl sites for hydroxylation is 1. The molecule has 9 nitrogen and oxygen atoms in total. The van der Waals surface area contributed by atoms with Crippen molar-refractivity contribution in [2.45, 2.75) is 134 Å². The number of nitrogens with one attached hydrogen (secondary N) is 2. The monoisotopic (exact) mass is 717 g/mol. The number of dihydropyridines is 1. The van der Waals surface area contributed by atoms with E-state index >= 15 is 0 Å². The molecule has 0 unspecified atom stereocenters. The van der Waals surface area contributed by atoms with Crippen LogP contribution in [0.2, 0.25) is 0 Å². The van der Waals surface area contributed by atoms with Crippen LogP contribution in [0, 0.1) is 41.4 Å². The Hall–Kier alpha value is -3.32. The van der Waals surface area contributed by atoms with E-state index in [4.69, 9.17) is 10.5 Å². The number of aliphatic hydroxyl groups is 2. The fraction of sp³-hybridized carbons (Fsp3) is 0.674. The molecule has 2 aliphatic heterocycles. The van der Waals surface area contributed by atoms with Gasteiger partial charge in [0.1, 0.15) is 11.7 Å². The van der Waals surface area contributed by atoms with E-state index < -0.39 is 18.1 Å². The zero-order chi connectivity index (χ0) is 37.2. The first-order chi connectivity index (χ1) is 25.0. The average Bonchev–Trinajstić information content (AvgIpc) is 3.18. The molecule has 1 saturated carbocycles. The Balaban J connectivity index is 1.25. The number of ketones is 2. The molecular formula is C43H63N3O6. The van der Waals surface area contributed by atoms with Crippen LogP contribution in [0.4, 0.5) is 0 Å². The fourth-order valence-electron chi connectivity index (χ4n) is 8.82. The molecule has 2 heterocycles. The molecule has 286 valence electrons.